The topological polar surface area (TPSA) is 59.9 Å². The third-order valence-electron chi connectivity index (χ3n) is 3.86. The van der Waals surface area contributed by atoms with E-state index in [0.29, 0.717) is 0 Å². The van der Waals surface area contributed by atoms with E-state index in [4.69, 9.17) is 4.74 Å². The molecule has 0 radical (unpaired) electrons. The fourth-order valence-corrected chi connectivity index (χ4v) is 2.43. The van der Waals surface area contributed by atoms with Crippen molar-refractivity contribution in [3.63, 3.8) is 0 Å². The summed E-state index contributed by atoms with van der Waals surface area (Å²) in [5.41, 5.74) is -0.315. The van der Waals surface area contributed by atoms with Crippen molar-refractivity contribution in [3.05, 3.63) is 42.0 Å². The fraction of sp³-hybridized carbons (Fsp3) is 0.412. The maximum Gasteiger partial charge on any atom is 0.573 e. The highest BCUT2D eigenvalue weighted by Crippen LogP contribution is 2.30. The summed E-state index contributed by atoms with van der Waals surface area (Å²) in [5.74, 6) is -0.848. The van der Waals surface area contributed by atoms with Crippen molar-refractivity contribution in [2.75, 3.05) is 13.7 Å². The van der Waals surface area contributed by atoms with Crippen LogP contribution in [0.4, 0.5) is 13.2 Å². The molecule has 2 rings (SSSR count). The molecule has 0 aromatic heterocycles. The van der Waals surface area contributed by atoms with Crippen molar-refractivity contribution in [1.82, 2.24) is 5.32 Å². The van der Waals surface area contributed by atoms with Crippen LogP contribution >= 0.6 is 0 Å². The average molecular weight is 356 g/mol. The first-order valence-corrected chi connectivity index (χ1v) is 7.58. The highest BCUT2D eigenvalue weighted by atomic mass is 19.4. The summed E-state index contributed by atoms with van der Waals surface area (Å²) >= 11 is 0. The van der Waals surface area contributed by atoms with Gasteiger partial charge in [-0.05, 0) is 32.1 Å². The lowest BCUT2D eigenvalue weighted by Gasteiger charge is -2.30. The largest absolute Gasteiger partial charge is 0.573 e. The molecule has 136 valence electrons. The second-order valence-corrected chi connectivity index (χ2v) is 5.67. The minimum Gasteiger partial charge on any atom is -0.405 e. The van der Waals surface area contributed by atoms with Gasteiger partial charge in [-0.3, -0.25) is 9.79 Å². The number of hydrogen-bond donors (Lipinski definition) is 1. The minimum atomic E-state index is -4.81. The molecule has 1 heterocycles. The second-order valence-electron chi connectivity index (χ2n) is 5.67. The summed E-state index contributed by atoms with van der Waals surface area (Å²) in [4.78, 5) is 16.8. The average Bonchev–Trinajstić information content (AvgIpc) is 2.54. The SMILES string of the molecule is COC1(C(=O)NC(C)c2ccccc2OC(F)(F)F)C=CC(C)=NC1. The molecule has 1 N–H and O–H groups in total. The first-order chi connectivity index (χ1) is 11.7. The molecule has 1 aromatic rings. The highest BCUT2D eigenvalue weighted by Gasteiger charge is 2.38. The van der Waals surface area contributed by atoms with Crippen LogP contribution in [-0.4, -0.2) is 37.2 Å². The van der Waals surface area contributed by atoms with Crippen LogP contribution < -0.4 is 10.1 Å². The molecular formula is C17H19F3N2O3. The number of amides is 1. The Morgan fingerprint density at radius 3 is 2.60 bits per heavy atom. The van der Waals surface area contributed by atoms with Crippen LogP contribution in [-0.2, 0) is 9.53 Å². The molecule has 1 aliphatic rings. The molecule has 0 saturated heterocycles. The van der Waals surface area contributed by atoms with E-state index in [1.54, 1.807) is 32.1 Å². The van der Waals surface area contributed by atoms with E-state index in [9.17, 15) is 18.0 Å². The molecule has 0 bridgehead atoms. The summed E-state index contributed by atoms with van der Waals surface area (Å²) in [5, 5.41) is 2.67. The smallest absolute Gasteiger partial charge is 0.405 e. The molecule has 2 atom stereocenters. The lowest BCUT2D eigenvalue weighted by molar-refractivity contribution is -0.275. The number of aliphatic imine (C=N–C) groups is 1. The van der Waals surface area contributed by atoms with Crippen molar-refractivity contribution in [2.45, 2.75) is 31.9 Å². The van der Waals surface area contributed by atoms with Gasteiger partial charge in [0.05, 0.1) is 12.6 Å². The van der Waals surface area contributed by atoms with Crippen LogP contribution in [0.5, 0.6) is 5.75 Å². The van der Waals surface area contributed by atoms with Gasteiger partial charge in [0.25, 0.3) is 5.91 Å². The molecule has 5 nitrogen and oxygen atoms in total. The second kappa shape index (κ2) is 7.26. The van der Waals surface area contributed by atoms with Gasteiger partial charge in [0, 0.05) is 18.4 Å². The van der Waals surface area contributed by atoms with Crippen molar-refractivity contribution >= 4 is 11.6 Å². The molecule has 25 heavy (non-hydrogen) atoms. The standard InChI is InChI=1S/C17H19F3N2O3/c1-11-8-9-16(24-3,10-21-11)15(23)22-12(2)13-6-4-5-7-14(13)25-17(18,19)20/h4-9,12H,10H2,1-3H3,(H,22,23). The monoisotopic (exact) mass is 356 g/mol. The lowest BCUT2D eigenvalue weighted by atomic mass is 9.97. The van der Waals surface area contributed by atoms with Gasteiger partial charge >= 0.3 is 6.36 Å². The Labute approximate surface area is 143 Å². The Balaban J connectivity index is 2.18. The van der Waals surface area contributed by atoms with E-state index in [1.807, 2.05) is 0 Å². The molecule has 1 aliphatic heterocycles. The van der Waals surface area contributed by atoms with Gasteiger partial charge in [-0.2, -0.15) is 0 Å². The Morgan fingerprint density at radius 2 is 2.04 bits per heavy atom. The maximum absolute atomic E-state index is 12.6. The number of carbonyl (C=O) groups is 1. The number of methoxy groups -OCH3 is 1. The Bertz CT molecular complexity index is 701. The third kappa shape index (κ3) is 4.60. The zero-order valence-corrected chi connectivity index (χ0v) is 14.1. The number of ether oxygens (including phenoxy) is 2. The number of hydrogen-bond acceptors (Lipinski definition) is 4. The molecule has 1 amide bonds. The lowest BCUT2D eigenvalue weighted by Crippen LogP contribution is -2.51. The molecule has 0 fully saturated rings. The van der Waals surface area contributed by atoms with Crippen LogP contribution in [0, 0.1) is 0 Å². The Morgan fingerprint density at radius 1 is 1.36 bits per heavy atom. The quantitative estimate of drug-likeness (QED) is 0.882. The summed E-state index contributed by atoms with van der Waals surface area (Å²) < 4.78 is 47.0. The number of dihydropyridines is 1. The van der Waals surface area contributed by atoms with E-state index >= 15 is 0 Å². The first kappa shape index (κ1) is 19.0. The number of carbonyl (C=O) groups excluding carboxylic acids is 1. The normalized spacial score (nSPS) is 21.4. The number of rotatable bonds is 5. The van der Waals surface area contributed by atoms with E-state index in [0.717, 1.165) is 5.71 Å². The first-order valence-electron chi connectivity index (χ1n) is 7.58. The van der Waals surface area contributed by atoms with Crippen molar-refractivity contribution in [1.29, 1.82) is 0 Å². The fourth-order valence-electron chi connectivity index (χ4n) is 2.43. The van der Waals surface area contributed by atoms with Gasteiger partial charge in [-0.1, -0.05) is 18.2 Å². The number of nitrogens with zero attached hydrogens (tertiary/aromatic N) is 1. The van der Waals surface area contributed by atoms with E-state index in [-0.39, 0.29) is 17.9 Å². The number of halogens is 3. The van der Waals surface area contributed by atoms with Crippen LogP contribution in [0.2, 0.25) is 0 Å². The van der Waals surface area contributed by atoms with Crippen LogP contribution in [0.1, 0.15) is 25.5 Å². The minimum absolute atomic E-state index is 0.102. The predicted octanol–water partition coefficient (Wildman–Crippen LogP) is 3.18. The molecule has 0 saturated carbocycles. The highest BCUT2D eigenvalue weighted by molar-refractivity contribution is 5.97. The number of para-hydroxylation sites is 1. The van der Waals surface area contributed by atoms with E-state index in [2.05, 4.69) is 15.0 Å². The number of nitrogens with one attached hydrogen (secondary N) is 1. The molecular weight excluding hydrogens is 337 g/mol. The van der Waals surface area contributed by atoms with E-state index < -0.39 is 23.9 Å². The third-order valence-corrected chi connectivity index (χ3v) is 3.86. The predicted molar refractivity (Wildman–Crippen MR) is 86.5 cm³/mol. The van der Waals surface area contributed by atoms with Crippen LogP contribution in [0.15, 0.2) is 41.4 Å². The summed E-state index contributed by atoms with van der Waals surface area (Å²) in [7, 11) is 1.38. The Hall–Kier alpha value is -2.35. The molecule has 8 heteroatoms. The Kier molecular flexibility index (Phi) is 5.52. The van der Waals surface area contributed by atoms with E-state index in [1.165, 1.54) is 25.3 Å². The number of benzene rings is 1. The van der Waals surface area contributed by atoms with Crippen molar-refractivity contribution in [3.8, 4) is 5.75 Å². The number of allylic oxidation sites excluding steroid dienone is 1. The molecule has 0 aliphatic carbocycles. The van der Waals surface area contributed by atoms with Gasteiger partial charge in [0.2, 0.25) is 0 Å². The van der Waals surface area contributed by atoms with Crippen molar-refractivity contribution < 1.29 is 27.4 Å². The zero-order valence-electron chi connectivity index (χ0n) is 14.1. The van der Waals surface area contributed by atoms with Gasteiger partial charge in [0.1, 0.15) is 5.75 Å². The molecule has 0 spiro atoms. The van der Waals surface area contributed by atoms with Gasteiger partial charge in [-0.25, -0.2) is 0 Å². The molecule has 2 unspecified atom stereocenters. The van der Waals surface area contributed by atoms with Gasteiger partial charge < -0.3 is 14.8 Å². The number of alkyl halides is 3. The van der Waals surface area contributed by atoms with Crippen molar-refractivity contribution in [2.24, 2.45) is 4.99 Å². The van der Waals surface area contributed by atoms with Gasteiger partial charge in [0.15, 0.2) is 5.60 Å². The molecule has 1 aromatic carbocycles. The van der Waals surface area contributed by atoms with Crippen LogP contribution in [0.25, 0.3) is 0 Å². The van der Waals surface area contributed by atoms with Gasteiger partial charge in [-0.15, -0.1) is 13.2 Å². The zero-order chi connectivity index (χ0) is 18.7. The summed E-state index contributed by atoms with van der Waals surface area (Å²) in [6.07, 6.45) is -1.56. The summed E-state index contributed by atoms with van der Waals surface area (Å²) in [6.45, 7) is 3.47. The van der Waals surface area contributed by atoms with Crippen LogP contribution in [0.3, 0.4) is 0 Å². The maximum atomic E-state index is 12.6. The summed E-state index contributed by atoms with van der Waals surface area (Å²) in [6, 6.07) is 4.94.